The monoisotopic (exact) mass is 188 g/mol. The topological polar surface area (TPSA) is 43.4 Å². The Morgan fingerprint density at radius 3 is 2.36 bits per heavy atom. The third-order valence-corrected chi connectivity index (χ3v) is 1.87. The second kappa shape index (κ2) is 7.31. The summed E-state index contributed by atoms with van der Waals surface area (Å²) in [5.74, 6) is 0. The van der Waals surface area contributed by atoms with Crippen LogP contribution >= 0.6 is 0 Å². The average Bonchev–Trinajstić information content (AvgIpc) is 1.84. The first-order valence-electron chi connectivity index (χ1n) is 3.18. The van der Waals surface area contributed by atoms with E-state index < -0.39 is 10.1 Å². The summed E-state index contributed by atoms with van der Waals surface area (Å²) in [6.45, 7) is 3.69. The van der Waals surface area contributed by atoms with E-state index in [4.69, 9.17) is 0 Å². The number of rotatable bonds is 4. The average molecular weight is 188 g/mol. The Bertz CT molecular complexity index is 201. The van der Waals surface area contributed by atoms with Crippen molar-refractivity contribution < 1.29 is 43.6 Å². The molecule has 5 heteroatoms. The Morgan fingerprint density at radius 2 is 2.00 bits per heavy atom. The third-order valence-electron chi connectivity index (χ3n) is 0.781. The molecule has 11 heavy (non-hydrogen) atoms. The van der Waals surface area contributed by atoms with Crippen molar-refractivity contribution in [2.24, 2.45) is 0 Å². The van der Waals surface area contributed by atoms with E-state index >= 15 is 0 Å². The van der Waals surface area contributed by atoms with E-state index in [9.17, 15) is 8.42 Å². The van der Waals surface area contributed by atoms with Gasteiger partial charge in [-0.05, 0) is 13.3 Å². The van der Waals surface area contributed by atoms with Crippen LogP contribution in [0.2, 0.25) is 0 Å². The molecule has 0 fully saturated rings. The maximum atomic E-state index is 10.7. The van der Waals surface area contributed by atoms with Gasteiger partial charge in [-0.2, -0.15) is 8.42 Å². The summed E-state index contributed by atoms with van der Waals surface area (Å²) in [5, 5.41) is 1.08. The number of hydrogen-bond donors (Lipinski definition) is 0. The van der Waals surface area contributed by atoms with Gasteiger partial charge in [0.15, 0.2) is 0 Å². The SMILES string of the molecule is CCC=CS(=O)(=O)OCC.[H-].[Na+]. The zero-order valence-electron chi connectivity index (χ0n) is 8.20. The Balaban J connectivity index is -0.000000405. The van der Waals surface area contributed by atoms with Crippen LogP contribution in [0, 0.1) is 0 Å². The molecule has 0 aromatic rings. The second-order valence-electron chi connectivity index (χ2n) is 1.68. The standard InChI is InChI=1S/C6H12O3S.Na.H/c1-3-5-6-10(7,8)9-4-2;;/h5-6H,3-4H2,1-2H3;;/q;+1;-1. The first-order valence-corrected chi connectivity index (χ1v) is 4.65. The van der Waals surface area contributed by atoms with Gasteiger partial charge in [-0.25, -0.2) is 0 Å². The minimum Gasteiger partial charge on any atom is -1.00 e. The second-order valence-corrected chi connectivity index (χ2v) is 3.17. The zero-order chi connectivity index (χ0) is 8.04. The Labute approximate surface area is 91.7 Å². The maximum Gasteiger partial charge on any atom is 1.00 e. The molecule has 3 nitrogen and oxygen atoms in total. The van der Waals surface area contributed by atoms with E-state index in [0.717, 1.165) is 5.41 Å². The molecule has 0 heterocycles. The quantitative estimate of drug-likeness (QED) is 0.394. The van der Waals surface area contributed by atoms with Crippen LogP contribution in [-0.2, 0) is 14.3 Å². The van der Waals surface area contributed by atoms with Crippen molar-refractivity contribution in [2.75, 3.05) is 6.61 Å². The zero-order valence-corrected chi connectivity index (χ0v) is 10.0. The fraction of sp³-hybridized carbons (Fsp3) is 0.667. The molecule has 0 spiro atoms. The van der Waals surface area contributed by atoms with Crippen molar-refractivity contribution in [3.63, 3.8) is 0 Å². The van der Waals surface area contributed by atoms with E-state index in [1.165, 1.54) is 0 Å². The maximum absolute atomic E-state index is 10.7. The summed E-state index contributed by atoms with van der Waals surface area (Å²) in [6, 6.07) is 0. The summed E-state index contributed by atoms with van der Waals surface area (Å²) >= 11 is 0. The summed E-state index contributed by atoms with van der Waals surface area (Å²) in [4.78, 5) is 0. The minimum absolute atomic E-state index is 0. The minimum atomic E-state index is -3.37. The van der Waals surface area contributed by atoms with Crippen LogP contribution in [0.1, 0.15) is 21.7 Å². The molecule has 0 saturated heterocycles. The van der Waals surface area contributed by atoms with Crippen LogP contribution in [0.4, 0.5) is 0 Å². The molecule has 0 rings (SSSR count). The van der Waals surface area contributed by atoms with Crippen LogP contribution in [0.3, 0.4) is 0 Å². The van der Waals surface area contributed by atoms with Gasteiger partial charge in [-0.3, -0.25) is 4.18 Å². The van der Waals surface area contributed by atoms with Crippen LogP contribution in [0.5, 0.6) is 0 Å². The van der Waals surface area contributed by atoms with Gasteiger partial charge in [0.2, 0.25) is 0 Å². The smallest absolute Gasteiger partial charge is 1.00 e. The molecule has 62 valence electrons. The van der Waals surface area contributed by atoms with Crippen molar-refractivity contribution in [3.05, 3.63) is 11.5 Å². The van der Waals surface area contributed by atoms with Crippen molar-refractivity contribution in [1.82, 2.24) is 0 Å². The molecule has 0 saturated carbocycles. The van der Waals surface area contributed by atoms with Gasteiger partial charge in [0.1, 0.15) is 0 Å². The molecule has 0 amide bonds. The van der Waals surface area contributed by atoms with E-state index in [1.807, 2.05) is 6.92 Å². The molecule has 0 aliphatic rings. The molecule has 0 radical (unpaired) electrons. The van der Waals surface area contributed by atoms with Gasteiger partial charge in [-0.1, -0.05) is 13.0 Å². The predicted octanol–water partition coefficient (Wildman–Crippen LogP) is -1.61. The first-order chi connectivity index (χ1) is 4.62. The van der Waals surface area contributed by atoms with Gasteiger partial charge < -0.3 is 1.43 Å². The van der Waals surface area contributed by atoms with Gasteiger partial charge in [-0.15, -0.1) is 0 Å². The predicted molar refractivity (Wildman–Crippen MR) is 41.1 cm³/mol. The van der Waals surface area contributed by atoms with E-state index in [2.05, 4.69) is 4.18 Å². The van der Waals surface area contributed by atoms with Gasteiger partial charge >= 0.3 is 29.6 Å². The van der Waals surface area contributed by atoms with Gasteiger partial charge in [0, 0.05) is 0 Å². The molecule has 0 aromatic heterocycles. The molecule has 0 aliphatic carbocycles. The Morgan fingerprint density at radius 1 is 1.45 bits per heavy atom. The first kappa shape index (κ1) is 14.2. The summed E-state index contributed by atoms with van der Waals surface area (Å²) < 4.78 is 25.8. The molecule has 0 aromatic carbocycles. The molecular weight excluding hydrogens is 175 g/mol. The molecule has 0 atom stereocenters. The molecule has 0 bridgehead atoms. The number of hydrogen-bond acceptors (Lipinski definition) is 3. The van der Waals surface area contributed by atoms with E-state index in [-0.39, 0.29) is 37.6 Å². The van der Waals surface area contributed by atoms with Crippen LogP contribution < -0.4 is 29.6 Å². The summed E-state index contributed by atoms with van der Waals surface area (Å²) in [5.41, 5.74) is 0. The Hall–Kier alpha value is 0.650. The fourth-order valence-electron chi connectivity index (χ4n) is 0.418. The fourth-order valence-corrected chi connectivity index (χ4v) is 1.25. The van der Waals surface area contributed by atoms with Gasteiger partial charge in [0.25, 0.3) is 10.1 Å². The van der Waals surface area contributed by atoms with Gasteiger partial charge in [0.05, 0.1) is 12.0 Å². The molecule has 0 aliphatic heterocycles. The van der Waals surface area contributed by atoms with Crippen molar-refractivity contribution >= 4 is 10.1 Å². The van der Waals surface area contributed by atoms with Crippen molar-refractivity contribution in [1.29, 1.82) is 0 Å². The van der Waals surface area contributed by atoms with E-state index in [0.29, 0.717) is 6.42 Å². The molecular formula is C6H13NaO3S. The number of allylic oxidation sites excluding steroid dienone is 1. The van der Waals surface area contributed by atoms with Crippen LogP contribution in [-0.4, -0.2) is 15.0 Å². The van der Waals surface area contributed by atoms with Crippen LogP contribution in [0.15, 0.2) is 11.5 Å². The van der Waals surface area contributed by atoms with Crippen molar-refractivity contribution in [2.45, 2.75) is 20.3 Å². The normalized spacial score (nSPS) is 11.5. The largest absolute Gasteiger partial charge is 1.00 e. The molecule has 0 N–H and O–H groups in total. The third kappa shape index (κ3) is 8.56. The molecule has 0 unspecified atom stereocenters. The summed E-state index contributed by atoms with van der Waals surface area (Å²) in [7, 11) is -3.37. The Kier molecular flexibility index (Phi) is 9.43. The van der Waals surface area contributed by atoms with Crippen LogP contribution in [0.25, 0.3) is 0 Å². The van der Waals surface area contributed by atoms with Crippen molar-refractivity contribution in [3.8, 4) is 0 Å². The van der Waals surface area contributed by atoms with E-state index in [1.54, 1.807) is 13.0 Å². The summed E-state index contributed by atoms with van der Waals surface area (Å²) in [6.07, 6.45) is 2.25.